The van der Waals surface area contributed by atoms with Gasteiger partial charge in [0.1, 0.15) is 0 Å². The number of benzene rings is 1. The first-order valence-electron chi connectivity index (χ1n) is 5.88. The molecule has 1 saturated heterocycles. The molecule has 0 bridgehead atoms. The van der Waals surface area contributed by atoms with Crippen molar-refractivity contribution < 1.29 is 4.79 Å². The largest absolute Gasteiger partial charge is 0.341 e. The molecule has 4 heteroatoms. The van der Waals surface area contributed by atoms with E-state index in [4.69, 9.17) is 0 Å². The number of carbonyl (C=O) groups excluding carboxylic acids is 1. The van der Waals surface area contributed by atoms with Crippen molar-refractivity contribution in [3.05, 3.63) is 34.3 Å². The summed E-state index contributed by atoms with van der Waals surface area (Å²) < 4.78 is 1.01. The lowest BCUT2D eigenvalue weighted by atomic mass is 10.1. The van der Waals surface area contributed by atoms with Crippen molar-refractivity contribution >= 4 is 21.8 Å². The Hall–Kier alpha value is -0.870. The average Bonchev–Trinajstić information content (AvgIpc) is 2.84. The topological polar surface area (TPSA) is 32.3 Å². The highest BCUT2D eigenvalue weighted by molar-refractivity contribution is 9.10. The highest BCUT2D eigenvalue weighted by atomic mass is 79.9. The maximum Gasteiger partial charge on any atom is 0.227 e. The molecular formula is C13H17BrN2O. The molecule has 3 nitrogen and oxygen atoms in total. The molecule has 0 aliphatic carbocycles. The second-order valence-corrected chi connectivity index (χ2v) is 5.27. The third-order valence-electron chi connectivity index (χ3n) is 3.27. The van der Waals surface area contributed by atoms with E-state index in [2.05, 4.69) is 21.2 Å². The summed E-state index contributed by atoms with van der Waals surface area (Å²) >= 11 is 3.47. The fourth-order valence-corrected chi connectivity index (χ4v) is 2.53. The van der Waals surface area contributed by atoms with Crippen LogP contribution in [0.15, 0.2) is 28.7 Å². The van der Waals surface area contributed by atoms with Crippen molar-refractivity contribution in [2.24, 2.45) is 0 Å². The van der Waals surface area contributed by atoms with Crippen LogP contribution in [0.1, 0.15) is 12.0 Å². The molecule has 1 aliphatic rings. The Morgan fingerprint density at radius 3 is 2.94 bits per heavy atom. The van der Waals surface area contributed by atoms with Crippen LogP contribution in [0, 0.1) is 0 Å². The SMILES string of the molecule is CN(C(=O)Cc1ccccc1Br)C1CCNC1. The number of nitrogens with zero attached hydrogens (tertiary/aromatic N) is 1. The molecule has 1 fully saturated rings. The van der Waals surface area contributed by atoms with Crippen molar-refractivity contribution in [1.82, 2.24) is 10.2 Å². The number of likely N-dealkylation sites (N-methyl/N-ethyl adjacent to an activating group) is 1. The summed E-state index contributed by atoms with van der Waals surface area (Å²) in [5, 5.41) is 3.28. The quantitative estimate of drug-likeness (QED) is 0.923. The van der Waals surface area contributed by atoms with Crippen LogP contribution in [0.2, 0.25) is 0 Å². The monoisotopic (exact) mass is 296 g/mol. The number of carbonyl (C=O) groups is 1. The number of hydrogen-bond donors (Lipinski definition) is 1. The van der Waals surface area contributed by atoms with Crippen LogP contribution in [0.3, 0.4) is 0 Å². The Morgan fingerprint density at radius 2 is 2.29 bits per heavy atom. The fraction of sp³-hybridized carbons (Fsp3) is 0.462. The second kappa shape index (κ2) is 5.65. The van der Waals surface area contributed by atoms with Crippen LogP contribution >= 0.6 is 15.9 Å². The standard InChI is InChI=1S/C13H17BrN2O/c1-16(11-6-7-15-9-11)13(17)8-10-4-2-3-5-12(10)14/h2-5,11,15H,6-9H2,1H3. The van der Waals surface area contributed by atoms with Crippen LogP contribution in [0.5, 0.6) is 0 Å². The predicted octanol–water partition coefficient (Wildman–Crippen LogP) is 1.81. The van der Waals surface area contributed by atoms with Gasteiger partial charge in [-0.1, -0.05) is 34.1 Å². The molecule has 1 aromatic rings. The summed E-state index contributed by atoms with van der Waals surface area (Å²) in [5.74, 6) is 0.186. The lowest BCUT2D eigenvalue weighted by Gasteiger charge is -2.24. The van der Waals surface area contributed by atoms with Crippen LogP contribution in [-0.4, -0.2) is 37.0 Å². The van der Waals surface area contributed by atoms with Crippen LogP contribution in [-0.2, 0) is 11.2 Å². The summed E-state index contributed by atoms with van der Waals surface area (Å²) in [6.45, 7) is 1.93. The molecule has 1 aliphatic heterocycles. The third-order valence-corrected chi connectivity index (χ3v) is 4.05. The van der Waals surface area contributed by atoms with Gasteiger partial charge in [-0.25, -0.2) is 0 Å². The van der Waals surface area contributed by atoms with Crippen LogP contribution in [0.4, 0.5) is 0 Å². The van der Waals surface area contributed by atoms with Gasteiger partial charge >= 0.3 is 0 Å². The van der Waals surface area contributed by atoms with E-state index in [-0.39, 0.29) is 5.91 Å². The van der Waals surface area contributed by atoms with Gasteiger partial charge in [0.05, 0.1) is 6.42 Å². The molecule has 0 spiro atoms. The van der Waals surface area contributed by atoms with E-state index in [1.807, 2.05) is 36.2 Å². The average molecular weight is 297 g/mol. The number of rotatable bonds is 3. The minimum atomic E-state index is 0.186. The van der Waals surface area contributed by atoms with Crippen LogP contribution in [0.25, 0.3) is 0 Å². The number of amides is 1. The van der Waals surface area contributed by atoms with Crippen molar-refractivity contribution in [3.8, 4) is 0 Å². The predicted molar refractivity (Wildman–Crippen MR) is 71.9 cm³/mol. The zero-order chi connectivity index (χ0) is 12.3. The zero-order valence-corrected chi connectivity index (χ0v) is 11.5. The van der Waals surface area contributed by atoms with E-state index in [0.29, 0.717) is 12.5 Å². The summed E-state index contributed by atoms with van der Waals surface area (Å²) in [4.78, 5) is 14.0. The van der Waals surface area contributed by atoms with E-state index >= 15 is 0 Å². The Bertz CT molecular complexity index is 402. The first-order valence-corrected chi connectivity index (χ1v) is 6.67. The van der Waals surface area contributed by atoms with E-state index < -0.39 is 0 Å². The highest BCUT2D eigenvalue weighted by Gasteiger charge is 2.23. The van der Waals surface area contributed by atoms with Crippen LogP contribution < -0.4 is 5.32 Å². The minimum absolute atomic E-state index is 0.186. The van der Waals surface area contributed by atoms with E-state index in [1.54, 1.807) is 0 Å². The molecule has 0 aromatic heterocycles. The Morgan fingerprint density at radius 1 is 1.53 bits per heavy atom. The number of nitrogens with one attached hydrogen (secondary N) is 1. The maximum absolute atomic E-state index is 12.1. The molecule has 17 heavy (non-hydrogen) atoms. The van der Waals surface area contributed by atoms with Gasteiger partial charge in [0, 0.05) is 24.1 Å². The molecule has 1 amide bonds. The minimum Gasteiger partial charge on any atom is -0.341 e. The summed E-state index contributed by atoms with van der Waals surface area (Å²) in [7, 11) is 1.90. The third kappa shape index (κ3) is 3.07. The summed E-state index contributed by atoms with van der Waals surface area (Å²) in [5.41, 5.74) is 1.05. The molecule has 92 valence electrons. The Labute approximate surface area is 110 Å². The molecule has 1 aromatic carbocycles. The maximum atomic E-state index is 12.1. The van der Waals surface area contributed by atoms with Gasteiger partial charge in [-0.15, -0.1) is 0 Å². The first kappa shape index (κ1) is 12.6. The van der Waals surface area contributed by atoms with E-state index in [9.17, 15) is 4.79 Å². The molecule has 1 heterocycles. The van der Waals surface area contributed by atoms with Gasteiger partial charge in [0.2, 0.25) is 5.91 Å². The fourth-order valence-electron chi connectivity index (χ4n) is 2.10. The second-order valence-electron chi connectivity index (χ2n) is 4.42. The van der Waals surface area contributed by atoms with Crippen molar-refractivity contribution in [3.63, 3.8) is 0 Å². The van der Waals surface area contributed by atoms with Gasteiger partial charge in [0.15, 0.2) is 0 Å². The molecule has 1 unspecified atom stereocenters. The Balaban J connectivity index is 1.99. The molecule has 0 saturated carbocycles. The smallest absolute Gasteiger partial charge is 0.227 e. The van der Waals surface area contributed by atoms with Gasteiger partial charge < -0.3 is 10.2 Å². The first-order chi connectivity index (χ1) is 8.18. The van der Waals surface area contributed by atoms with Gasteiger partial charge in [-0.2, -0.15) is 0 Å². The molecule has 2 rings (SSSR count). The van der Waals surface area contributed by atoms with E-state index in [0.717, 1.165) is 29.5 Å². The molecule has 1 atom stereocenters. The van der Waals surface area contributed by atoms with Crippen molar-refractivity contribution in [2.45, 2.75) is 18.9 Å². The van der Waals surface area contributed by atoms with Crippen molar-refractivity contribution in [1.29, 1.82) is 0 Å². The zero-order valence-electron chi connectivity index (χ0n) is 9.95. The van der Waals surface area contributed by atoms with Gasteiger partial charge in [0.25, 0.3) is 0 Å². The van der Waals surface area contributed by atoms with Crippen molar-refractivity contribution in [2.75, 3.05) is 20.1 Å². The number of hydrogen-bond acceptors (Lipinski definition) is 2. The summed E-state index contributed by atoms with van der Waals surface area (Å²) in [6, 6.07) is 8.24. The molecule has 1 N–H and O–H groups in total. The van der Waals surface area contributed by atoms with Gasteiger partial charge in [-0.3, -0.25) is 4.79 Å². The number of halogens is 1. The van der Waals surface area contributed by atoms with Gasteiger partial charge in [-0.05, 0) is 24.6 Å². The highest BCUT2D eigenvalue weighted by Crippen LogP contribution is 2.17. The molecule has 0 radical (unpaired) electrons. The van der Waals surface area contributed by atoms with E-state index in [1.165, 1.54) is 0 Å². The lowest BCUT2D eigenvalue weighted by molar-refractivity contribution is -0.130. The lowest BCUT2D eigenvalue weighted by Crippen LogP contribution is -2.39. The normalized spacial score (nSPS) is 19.3. The summed E-state index contributed by atoms with van der Waals surface area (Å²) in [6.07, 6.45) is 1.52. The Kier molecular flexibility index (Phi) is 4.18. The molecular weight excluding hydrogens is 280 g/mol.